The third-order valence-electron chi connectivity index (χ3n) is 4.98. The quantitative estimate of drug-likeness (QED) is 0.546. The average Bonchev–Trinajstić information content (AvgIpc) is 3.08. The van der Waals surface area contributed by atoms with E-state index < -0.39 is 23.8 Å². The minimum absolute atomic E-state index is 0.0898. The number of ether oxygens (including phenoxy) is 1. The van der Waals surface area contributed by atoms with Crippen molar-refractivity contribution in [1.82, 2.24) is 4.98 Å². The first-order valence-electron chi connectivity index (χ1n) is 8.91. The minimum atomic E-state index is -4.48. The highest BCUT2D eigenvalue weighted by Gasteiger charge is 2.32. The number of thiophene rings is 1. The third-order valence-corrected chi connectivity index (χ3v) is 6.10. The Balaban J connectivity index is 1.90. The molecule has 8 heteroatoms. The SMILES string of the molecule is Cc1nc(C(F)(F)F)ccc1COc1cc(C)c2c(C(C)C(=O)O)csc2c1C. The van der Waals surface area contributed by atoms with Gasteiger partial charge in [0, 0.05) is 21.5 Å². The van der Waals surface area contributed by atoms with Gasteiger partial charge in [0.25, 0.3) is 0 Å². The molecule has 1 unspecified atom stereocenters. The molecule has 3 aromatic rings. The van der Waals surface area contributed by atoms with Gasteiger partial charge in [0.1, 0.15) is 18.1 Å². The van der Waals surface area contributed by atoms with Crippen LogP contribution in [-0.2, 0) is 17.6 Å². The van der Waals surface area contributed by atoms with Gasteiger partial charge in [-0.25, -0.2) is 4.98 Å². The molecule has 0 saturated carbocycles. The van der Waals surface area contributed by atoms with Gasteiger partial charge >= 0.3 is 12.1 Å². The van der Waals surface area contributed by atoms with Crippen LogP contribution < -0.4 is 4.74 Å². The van der Waals surface area contributed by atoms with E-state index in [-0.39, 0.29) is 12.3 Å². The number of aliphatic carboxylic acids is 1. The third kappa shape index (κ3) is 4.07. The Morgan fingerprint density at radius 1 is 1.28 bits per heavy atom. The van der Waals surface area contributed by atoms with Crippen molar-refractivity contribution in [3.8, 4) is 5.75 Å². The van der Waals surface area contributed by atoms with Crippen LogP contribution in [-0.4, -0.2) is 16.1 Å². The summed E-state index contributed by atoms with van der Waals surface area (Å²) in [5.41, 5.74) is 2.45. The number of rotatable bonds is 5. The number of hydrogen-bond donors (Lipinski definition) is 1. The number of carboxylic acids is 1. The summed E-state index contributed by atoms with van der Waals surface area (Å²) < 4.78 is 45.2. The summed E-state index contributed by atoms with van der Waals surface area (Å²) in [6.07, 6.45) is -4.48. The molecule has 2 aromatic heterocycles. The fraction of sp³-hybridized carbons (Fsp3) is 0.333. The summed E-state index contributed by atoms with van der Waals surface area (Å²) in [6, 6.07) is 4.17. The van der Waals surface area contributed by atoms with Crippen molar-refractivity contribution >= 4 is 27.4 Å². The maximum Gasteiger partial charge on any atom is 0.433 e. The summed E-state index contributed by atoms with van der Waals surface area (Å²) in [4.78, 5) is 15.0. The van der Waals surface area contributed by atoms with Crippen molar-refractivity contribution in [2.24, 2.45) is 0 Å². The largest absolute Gasteiger partial charge is 0.489 e. The Bertz CT molecular complexity index is 1090. The number of carboxylic acid groups (broad SMARTS) is 1. The maximum atomic E-state index is 12.8. The topological polar surface area (TPSA) is 59.4 Å². The van der Waals surface area contributed by atoms with E-state index in [1.165, 1.54) is 24.3 Å². The fourth-order valence-electron chi connectivity index (χ4n) is 3.20. The molecule has 0 fully saturated rings. The molecule has 1 N–H and O–H groups in total. The van der Waals surface area contributed by atoms with Gasteiger partial charge in [-0.1, -0.05) is 6.07 Å². The van der Waals surface area contributed by atoms with Gasteiger partial charge < -0.3 is 9.84 Å². The highest BCUT2D eigenvalue weighted by Crippen LogP contribution is 2.40. The number of fused-ring (bicyclic) bond motifs is 1. The number of carbonyl (C=O) groups is 1. The number of halogens is 3. The van der Waals surface area contributed by atoms with Crippen LogP contribution in [0.5, 0.6) is 5.75 Å². The van der Waals surface area contributed by atoms with Gasteiger partial charge in [0.15, 0.2) is 0 Å². The fourth-order valence-corrected chi connectivity index (χ4v) is 4.44. The lowest BCUT2D eigenvalue weighted by Gasteiger charge is -2.15. The van der Waals surface area contributed by atoms with Gasteiger partial charge in [0.2, 0.25) is 0 Å². The van der Waals surface area contributed by atoms with Crippen LogP contribution >= 0.6 is 11.3 Å². The Hall–Kier alpha value is -2.61. The predicted octanol–water partition coefficient (Wildman–Crippen LogP) is 6.01. The summed E-state index contributed by atoms with van der Waals surface area (Å²) in [7, 11) is 0. The first-order valence-corrected chi connectivity index (χ1v) is 9.79. The van der Waals surface area contributed by atoms with E-state index in [1.54, 1.807) is 6.92 Å². The van der Waals surface area contributed by atoms with E-state index in [2.05, 4.69) is 4.98 Å². The molecule has 29 heavy (non-hydrogen) atoms. The van der Waals surface area contributed by atoms with Crippen LogP contribution in [0.3, 0.4) is 0 Å². The lowest BCUT2D eigenvalue weighted by Crippen LogP contribution is -2.10. The molecule has 0 bridgehead atoms. The van der Waals surface area contributed by atoms with Crippen LogP contribution in [0.15, 0.2) is 23.6 Å². The summed E-state index contributed by atoms with van der Waals surface area (Å²) >= 11 is 1.46. The number of nitrogens with zero attached hydrogens (tertiary/aromatic N) is 1. The van der Waals surface area contributed by atoms with E-state index in [0.29, 0.717) is 11.3 Å². The highest BCUT2D eigenvalue weighted by atomic mass is 32.1. The molecule has 0 aliphatic heterocycles. The second-order valence-corrected chi connectivity index (χ2v) is 7.88. The van der Waals surface area contributed by atoms with Crippen LogP contribution in [0.4, 0.5) is 13.2 Å². The highest BCUT2D eigenvalue weighted by molar-refractivity contribution is 7.17. The zero-order valence-corrected chi connectivity index (χ0v) is 17.2. The van der Waals surface area contributed by atoms with Crippen molar-refractivity contribution in [3.05, 3.63) is 57.2 Å². The van der Waals surface area contributed by atoms with Crippen LogP contribution in [0.25, 0.3) is 10.1 Å². The van der Waals surface area contributed by atoms with Crippen molar-refractivity contribution in [1.29, 1.82) is 0 Å². The van der Waals surface area contributed by atoms with Gasteiger partial charge in [-0.15, -0.1) is 11.3 Å². The Labute approximate surface area is 170 Å². The van der Waals surface area contributed by atoms with E-state index in [9.17, 15) is 23.1 Å². The molecule has 0 saturated heterocycles. The lowest BCUT2D eigenvalue weighted by atomic mass is 9.96. The molecule has 0 aliphatic carbocycles. The molecule has 0 spiro atoms. The smallest absolute Gasteiger partial charge is 0.433 e. The van der Waals surface area contributed by atoms with E-state index >= 15 is 0 Å². The molecule has 1 atom stereocenters. The van der Waals surface area contributed by atoms with E-state index in [1.807, 2.05) is 25.3 Å². The molecular weight excluding hydrogens is 403 g/mol. The predicted molar refractivity (Wildman–Crippen MR) is 106 cm³/mol. The summed E-state index contributed by atoms with van der Waals surface area (Å²) in [5.74, 6) is -0.882. The Kier molecular flexibility index (Phi) is 5.58. The first-order chi connectivity index (χ1) is 13.5. The summed E-state index contributed by atoms with van der Waals surface area (Å²) in [6.45, 7) is 7.05. The van der Waals surface area contributed by atoms with Crippen LogP contribution in [0.1, 0.15) is 46.5 Å². The standard InChI is InChI=1S/C21H20F3NO3S/c1-10-7-16(12(3)19-18(10)15(9-29-19)11(2)20(26)27)28-8-14-5-6-17(21(22,23)24)25-13(14)4/h5-7,9,11H,8H2,1-4H3,(H,26,27). The minimum Gasteiger partial charge on any atom is -0.489 e. The van der Waals surface area contributed by atoms with E-state index in [0.717, 1.165) is 32.8 Å². The number of benzene rings is 1. The van der Waals surface area contributed by atoms with Crippen molar-refractivity contribution in [3.63, 3.8) is 0 Å². The monoisotopic (exact) mass is 423 g/mol. The molecular formula is C21H20F3NO3S. The molecule has 4 nitrogen and oxygen atoms in total. The van der Waals surface area contributed by atoms with Crippen molar-refractivity contribution < 1.29 is 27.8 Å². The van der Waals surface area contributed by atoms with Crippen LogP contribution in [0.2, 0.25) is 0 Å². The zero-order valence-electron chi connectivity index (χ0n) is 16.3. The first kappa shape index (κ1) is 21.1. The summed E-state index contributed by atoms with van der Waals surface area (Å²) in [5, 5.41) is 12.1. The lowest BCUT2D eigenvalue weighted by molar-refractivity contribution is -0.141. The normalized spacial score (nSPS) is 12.9. The van der Waals surface area contributed by atoms with Crippen LogP contribution in [0, 0.1) is 20.8 Å². The molecule has 3 rings (SSSR count). The average molecular weight is 423 g/mol. The Morgan fingerprint density at radius 3 is 2.55 bits per heavy atom. The number of aromatic nitrogens is 1. The number of aryl methyl sites for hydroxylation is 3. The number of alkyl halides is 3. The molecule has 154 valence electrons. The van der Waals surface area contributed by atoms with Gasteiger partial charge in [-0.05, 0) is 61.7 Å². The molecule has 0 amide bonds. The molecule has 0 aliphatic rings. The molecule has 2 heterocycles. The second-order valence-electron chi connectivity index (χ2n) is 7.00. The number of hydrogen-bond acceptors (Lipinski definition) is 4. The maximum absolute atomic E-state index is 12.8. The van der Waals surface area contributed by atoms with Gasteiger partial charge in [0.05, 0.1) is 5.92 Å². The molecule has 1 aromatic carbocycles. The van der Waals surface area contributed by atoms with Gasteiger partial charge in [-0.3, -0.25) is 4.79 Å². The van der Waals surface area contributed by atoms with Crippen molar-refractivity contribution in [2.45, 2.75) is 46.4 Å². The second kappa shape index (κ2) is 7.67. The van der Waals surface area contributed by atoms with Crippen molar-refractivity contribution in [2.75, 3.05) is 0 Å². The zero-order chi connectivity index (χ0) is 21.5. The van der Waals surface area contributed by atoms with Gasteiger partial charge in [-0.2, -0.15) is 13.2 Å². The number of pyridine rings is 1. The Morgan fingerprint density at radius 2 is 1.97 bits per heavy atom. The molecule has 0 radical (unpaired) electrons. The van der Waals surface area contributed by atoms with E-state index in [4.69, 9.17) is 4.74 Å².